The molecule has 2 N–H and O–H groups in total. The monoisotopic (exact) mass is 312 g/mol. The summed E-state index contributed by atoms with van der Waals surface area (Å²) in [4.78, 5) is 4.32. The first kappa shape index (κ1) is 14.8. The molecule has 1 aromatic heterocycles. The Hall–Kier alpha value is -1.59. The summed E-state index contributed by atoms with van der Waals surface area (Å²) in [6.07, 6.45) is 1.53. The summed E-state index contributed by atoms with van der Waals surface area (Å²) in [6.45, 7) is 4.00. The number of aromatic nitrogens is 3. The van der Waals surface area contributed by atoms with Crippen LogP contribution >= 0.6 is 23.2 Å². The summed E-state index contributed by atoms with van der Waals surface area (Å²) in [5, 5.41) is 8.75. The third-order valence-electron chi connectivity index (χ3n) is 2.74. The molecule has 0 bridgehead atoms. The molecule has 1 aromatic carbocycles. The number of halogens is 2. The maximum absolute atomic E-state index is 5.93. The zero-order chi connectivity index (χ0) is 14.7. The smallest absolute Gasteiger partial charge is 0.341 e. The number of rotatable bonds is 4. The minimum Gasteiger partial charge on any atom is -0.421 e. The second-order valence-corrected chi connectivity index (χ2v) is 4.92. The molecular weight excluding hydrogens is 299 g/mol. The molecule has 0 saturated carbocycles. The van der Waals surface area contributed by atoms with Gasteiger partial charge >= 0.3 is 6.01 Å². The predicted molar refractivity (Wildman–Crippen MR) is 79.5 cm³/mol. The first-order chi connectivity index (χ1) is 9.55. The Morgan fingerprint density at radius 3 is 2.35 bits per heavy atom. The van der Waals surface area contributed by atoms with Crippen LogP contribution in [0.1, 0.15) is 25.2 Å². The average Bonchev–Trinajstić information content (AvgIpc) is 2.44. The van der Waals surface area contributed by atoms with Crippen molar-refractivity contribution in [1.82, 2.24) is 15.2 Å². The van der Waals surface area contributed by atoms with E-state index < -0.39 is 0 Å². The lowest BCUT2D eigenvalue weighted by molar-refractivity contribution is 0.430. The van der Waals surface area contributed by atoms with Gasteiger partial charge in [0.05, 0.1) is 27.1 Å². The van der Waals surface area contributed by atoms with Crippen molar-refractivity contribution in [1.29, 1.82) is 0 Å². The molecule has 20 heavy (non-hydrogen) atoms. The third-order valence-corrected chi connectivity index (χ3v) is 3.47. The Morgan fingerprint density at radius 1 is 1.05 bits per heavy atom. The van der Waals surface area contributed by atoms with E-state index in [1.165, 1.54) is 12.1 Å². The maximum Gasteiger partial charge on any atom is 0.341 e. The van der Waals surface area contributed by atoms with Crippen molar-refractivity contribution < 1.29 is 4.74 Å². The van der Waals surface area contributed by atoms with Crippen molar-refractivity contribution >= 4 is 28.9 Å². The van der Waals surface area contributed by atoms with Gasteiger partial charge in [0.15, 0.2) is 5.75 Å². The number of hydrogen-bond donors (Lipinski definition) is 1. The van der Waals surface area contributed by atoms with Crippen LogP contribution in [-0.4, -0.2) is 15.2 Å². The van der Waals surface area contributed by atoms with Gasteiger partial charge in [0.25, 0.3) is 0 Å². The highest BCUT2D eigenvalue weighted by Crippen LogP contribution is 2.34. The van der Waals surface area contributed by atoms with Crippen LogP contribution in [0.15, 0.2) is 12.1 Å². The van der Waals surface area contributed by atoms with Gasteiger partial charge in [-0.15, -0.1) is 5.10 Å². The fourth-order valence-electron chi connectivity index (χ4n) is 1.70. The van der Waals surface area contributed by atoms with E-state index in [-0.39, 0.29) is 6.01 Å². The number of ether oxygens (including phenoxy) is 1. The van der Waals surface area contributed by atoms with Gasteiger partial charge in [-0.2, -0.15) is 4.98 Å². The van der Waals surface area contributed by atoms with E-state index >= 15 is 0 Å². The molecule has 0 amide bonds. The number of aryl methyl sites for hydroxylation is 2. The Labute approximate surface area is 127 Å². The SMILES string of the molecule is CCc1nnc(Oc2cc(Cl)c(Cl)cc2N)nc1CC. The maximum atomic E-state index is 5.93. The molecule has 1 heterocycles. The van der Waals surface area contributed by atoms with Crippen LogP contribution in [0, 0.1) is 0 Å². The van der Waals surface area contributed by atoms with Crippen molar-refractivity contribution in [3.63, 3.8) is 0 Å². The molecular formula is C13H14Cl2N4O. The third kappa shape index (κ3) is 3.11. The molecule has 0 atom stereocenters. The van der Waals surface area contributed by atoms with E-state index in [0.717, 1.165) is 24.2 Å². The van der Waals surface area contributed by atoms with Gasteiger partial charge in [-0.05, 0) is 18.9 Å². The summed E-state index contributed by atoms with van der Waals surface area (Å²) in [7, 11) is 0. The van der Waals surface area contributed by atoms with Crippen molar-refractivity contribution in [2.24, 2.45) is 0 Å². The summed E-state index contributed by atoms with van der Waals surface area (Å²) < 4.78 is 5.53. The van der Waals surface area contributed by atoms with Gasteiger partial charge in [0.1, 0.15) is 0 Å². The lowest BCUT2D eigenvalue weighted by Gasteiger charge is -2.09. The quantitative estimate of drug-likeness (QED) is 0.872. The average molecular weight is 313 g/mol. The van der Waals surface area contributed by atoms with E-state index in [1.807, 2.05) is 13.8 Å². The van der Waals surface area contributed by atoms with Gasteiger partial charge in [-0.3, -0.25) is 0 Å². The van der Waals surface area contributed by atoms with Crippen LogP contribution in [0.3, 0.4) is 0 Å². The molecule has 0 saturated heterocycles. The van der Waals surface area contributed by atoms with Gasteiger partial charge in [-0.25, -0.2) is 0 Å². The molecule has 106 valence electrons. The lowest BCUT2D eigenvalue weighted by atomic mass is 10.2. The Morgan fingerprint density at radius 2 is 1.70 bits per heavy atom. The van der Waals surface area contributed by atoms with Gasteiger partial charge in [0, 0.05) is 6.07 Å². The van der Waals surface area contributed by atoms with Crippen LogP contribution < -0.4 is 10.5 Å². The van der Waals surface area contributed by atoms with E-state index in [1.54, 1.807) is 0 Å². The topological polar surface area (TPSA) is 73.9 Å². The molecule has 0 fully saturated rings. The van der Waals surface area contributed by atoms with E-state index in [2.05, 4.69) is 15.2 Å². The number of benzene rings is 1. The molecule has 7 heteroatoms. The van der Waals surface area contributed by atoms with E-state index in [0.29, 0.717) is 21.5 Å². The van der Waals surface area contributed by atoms with Gasteiger partial charge < -0.3 is 10.5 Å². The van der Waals surface area contributed by atoms with Gasteiger partial charge in [-0.1, -0.05) is 42.1 Å². The minimum atomic E-state index is 0.143. The molecule has 0 aliphatic rings. The number of hydrogen-bond acceptors (Lipinski definition) is 5. The number of nitrogen functional groups attached to an aromatic ring is 1. The molecule has 0 spiro atoms. The fraction of sp³-hybridized carbons (Fsp3) is 0.308. The van der Waals surface area contributed by atoms with Crippen molar-refractivity contribution in [2.45, 2.75) is 26.7 Å². The molecule has 2 aromatic rings. The summed E-state index contributed by atoms with van der Waals surface area (Å²) >= 11 is 11.8. The first-order valence-electron chi connectivity index (χ1n) is 6.20. The Kier molecular flexibility index (Phi) is 4.62. The van der Waals surface area contributed by atoms with E-state index in [9.17, 15) is 0 Å². The number of anilines is 1. The number of nitrogens with zero attached hydrogens (tertiary/aromatic N) is 3. The Bertz CT molecular complexity index is 634. The Balaban J connectivity index is 2.33. The van der Waals surface area contributed by atoms with Crippen LogP contribution in [0.5, 0.6) is 11.8 Å². The second kappa shape index (κ2) is 6.24. The largest absolute Gasteiger partial charge is 0.421 e. The normalized spacial score (nSPS) is 10.6. The summed E-state index contributed by atoms with van der Waals surface area (Å²) in [6, 6.07) is 3.19. The highest BCUT2D eigenvalue weighted by atomic mass is 35.5. The van der Waals surface area contributed by atoms with Crippen LogP contribution in [0.2, 0.25) is 10.0 Å². The molecule has 0 aliphatic heterocycles. The number of nitrogens with two attached hydrogens (primary N) is 1. The summed E-state index contributed by atoms with van der Waals surface area (Å²) in [5.41, 5.74) is 7.90. The van der Waals surface area contributed by atoms with Gasteiger partial charge in [0.2, 0.25) is 0 Å². The zero-order valence-electron chi connectivity index (χ0n) is 11.2. The van der Waals surface area contributed by atoms with Crippen LogP contribution in [0.4, 0.5) is 5.69 Å². The highest BCUT2D eigenvalue weighted by molar-refractivity contribution is 6.42. The van der Waals surface area contributed by atoms with Crippen LogP contribution in [0.25, 0.3) is 0 Å². The predicted octanol–water partition coefficient (Wildman–Crippen LogP) is 3.68. The fourth-order valence-corrected chi connectivity index (χ4v) is 2.02. The second-order valence-electron chi connectivity index (χ2n) is 4.10. The standard InChI is InChI=1S/C13H14Cl2N4O/c1-3-10-11(4-2)18-19-13(17-10)20-12-6-8(15)7(14)5-9(12)16/h5-6H,3-4,16H2,1-2H3. The minimum absolute atomic E-state index is 0.143. The van der Waals surface area contributed by atoms with Crippen molar-refractivity contribution in [2.75, 3.05) is 5.73 Å². The molecule has 0 unspecified atom stereocenters. The van der Waals surface area contributed by atoms with E-state index in [4.69, 9.17) is 33.7 Å². The zero-order valence-corrected chi connectivity index (χ0v) is 12.7. The molecule has 2 rings (SSSR count). The van der Waals surface area contributed by atoms with Crippen LogP contribution in [-0.2, 0) is 12.8 Å². The molecule has 0 radical (unpaired) electrons. The molecule has 0 aliphatic carbocycles. The molecule has 5 nitrogen and oxygen atoms in total. The lowest BCUT2D eigenvalue weighted by Crippen LogP contribution is -2.05. The van der Waals surface area contributed by atoms with Crippen molar-refractivity contribution in [3.8, 4) is 11.8 Å². The van der Waals surface area contributed by atoms with Crippen molar-refractivity contribution in [3.05, 3.63) is 33.6 Å². The first-order valence-corrected chi connectivity index (χ1v) is 6.95. The summed E-state index contributed by atoms with van der Waals surface area (Å²) in [5.74, 6) is 0.354. The highest BCUT2D eigenvalue weighted by Gasteiger charge is 2.11.